The first-order chi connectivity index (χ1) is 26.8. The number of rotatable bonds is 18. The Bertz CT molecular complexity index is 1560. The van der Waals surface area contributed by atoms with E-state index in [1.54, 1.807) is 65.8 Å². The van der Waals surface area contributed by atoms with Gasteiger partial charge in [-0.05, 0) is 64.9 Å². The lowest BCUT2D eigenvalue weighted by Crippen LogP contribution is -2.59. The van der Waals surface area contributed by atoms with Gasteiger partial charge >= 0.3 is 12.2 Å². The van der Waals surface area contributed by atoms with Crippen LogP contribution in [0.5, 0.6) is 0 Å². The largest absolute Gasteiger partial charge is 0.449 e. The summed E-state index contributed by atoms with van der Waals surface area (Å²) in [5, 5.41) is 13.2. The van der Waals surface area contributed by atoms with Crippen LogP contribution in [-0.4, -0.2) is 108 Å². The van der Waals surface area contributed by atoms with Crippen LogP contribution >= 0.6 is 0 Å². The molecule has 16 heteroatoms. The van der Waals surface area contributed by atoms with Crippen LogP contribution in [0, 0.1) is 11.3 Å². The van der Waals surface area contributed by atoms with E-state index < -0.39 is 95.0 Å². The number of hydrogen-bond acceptors (Lipinski definition) is 10. The van der Waals surface area contributed by atoms with Crippen molar-refractivity contribution in [3.05, 3.63) is 35.9 Å². The van der Waals surface area contributed by atoms with E-state index in [4.69, 9.17) is 14.2 Å². The van der Waals surface area contributed by atoms with Gasteiger partial charge in [0.25, 0.3) is 5.91 Å². The molecular weight excluding hydrogens is 748 g/mol. The van der Waals surface area contributed by atoms with Crippen LogP contribution in [-0.2, 0) is 38.2 Å². The quantitative estimate of drug-likeness (QED) is 0.133. The number of benzene rings is 1. The van der Waals surface area contributed by atoms with Crippen LogP contribution in [0.25, 0.3) is 0 Å². The SMILES string of the molecule is CCCCC(NC(=O)C1CC(OC(C)(C)C)CN1C(=O)C(NC(=O)OCC(C)C)C(C)(C)C)C(=O)C(=O)NCC(=O)NCC(NC(=O)OC(C)(C)C)c1ccccc1. The standard InChI is InChI=1S/C42H68N6O10/c1-13-14-20-29(33(50)36(52)44-23-32(49)43-22-30(27-18-16-15-17-19-27)46-39(55)58-42(10,11)12)45-35(51)31-21-28(57-41(7,8)9)24-48(31)37(53)34(40(4,5)6)47-38(54)56-25-26(2)3/h15-19,26,28-31,34H,13-14,20-25H2,1-12H3,(H,43,49)(H,44,52)(H,45,51)(H,46,55)(H,47,54). The summed E-state index contributed by atoms with van der Waals surface area (Å²) in [4.78, 5) is 94.5. The summed E-state index contributed by atoms with van der Waals surface area (Å²) < 4.78 is 16.9. The van der Waals surface area contributed by atoms with Gasteiger partial charge in [-0.3, -0.25) is 24.0 Å². The van der Waals surface area contributed by atoms with Gasteiger partial charge in [0, 0.05) is 19.5 Å². The summed E-state index contributed by atoms with van der Waals surface area (Å²) in [5.74, 6) is -3.76. The minimum absolute atomic E-state index is 0.0393. The predicted molar refractivity (Wildman–Crippen MR) is 218 cm³/mol. The van der Waals surface area contributed by atoms with Crippen molar-refractivity contribution < 1.29 is 47.8 Å². The van der Waals surface area contributed by atoms with E-state index in [2.05, 4.69) is 26.6 Å². The van der Waals surface area contributed by atoms with Gasteiger partial charge in [0.2, 0.25) is 23.5 Å². The van der Waals surface area contributed by atoms with Gasteiger partial charge in [0.05, 0.1) is 36.9 Å². The zero-order chi connectivity index (χ0) is 44.0. The first kappa shape index (κ1) is 49.4. The summed E-state index contributed by atoms with van der Waals surface area (Å²) >= 11 is 0. The smallest absolute Gasteiger partial charge is 0.408 e. The summed E-state index contributed by atoms with van der Waals surface area (Å²) in [6.07, 6.45) is -0.588. The maximum atomic E-state index is 14.2. The molecule has 1 heterocycles. The molecule has 1 aliphatic heterocycles. The third kappa shape index (κ3) is 17.4. The zero-order valence-electron chi connectivity index (χ0n) is 36.5. The Kier molecular flexibility index (Phi) is 18.6. The Balaban J connectivity index is 2.20. The molecule has 5 N–H and O–H groups in total. The van der Waals surface area contributed by atoms with Crippen molar-refractivity contribution in [1.29, 1.82) is 0 Å². The van der Waals surface area contributed by atoms with Gasteiger partial charge in [-0.25, -0.2) is 9.59 Å². The van der Waals surface area contributed by atoms with Crippen LogP contribution < -0.4 is 26.6 Å². The van der Waals surface area contributed by atoms with Crippen molar-refractivity contribution in [2.75, 3.05) is 26.2 Å². The fourth-order valence-corrected chi connectivity index (χ4v) is 6.11. The van der Waals surface area contributed by atoms with Gasteiger partial charge in [0.15, 0.2) is 0 Å². The van der Waals surface area contributed by atoms with E-state index in [1.165, 1.54) is 4.90 Å². The lowest BCUT2D eigenvalue weighted by molar-refractivity contribution is -0.144. The minimum Gasteiger partial charge on any atom is -0.449 e. The molecule has 0 aliphatic carbocycles. The first-order valence-electron chi connectivity index (χ1n) is 20.2. The topological polar surface area (TPSA) is 211 Å². The minimum atomic E-state index is -1.25. The van der Waals surface area contributed by atoms with Crippen molar-refractivity contribution in [2.24, 2.45) is 11.3 Å². The number of alkyl carbamates (subject to hydrolysis) is 2. The van der Waals surface area contributed by atoms with Gasteiger partial charge < -0.3 is 45.7 Å². The Morgan fingerprint density at radius 3 is 2.02 bits per heavy atom. The monoisotopic (exact) mass is 816 g/mol. The number of amides is 6. The highest BCUT2D eigenvalue weighted by Crippen LogP contribution is 2.29. The second kappa shape index (κ2) is 21.9. The molecule has 5 atom stereocenters. The first-order valence-corrected chi connectivity index (χ1v) is 20.2. The van der Waals surface area contributed by atoms with Crippen molar-refractivity contribution in [1.82, 2.24) is 31.5 Å². The molecule has 58 heavy (non-hydrogen) atoms. The Morgan fingerprint density at radius 1 is 0.828 bits per heavy atom. The third-order valence-electron chi connectivity index (χ3n) is 8.80. The Hall–Kier alpha value is -4.73. The van der Waals surface area contributed by atoms with E-state index in [-0.39, 0.29) is 38.5 Å². The van der Waals surface area contributed by atoms with Crippen LogP contribution in [0.1, 0.15) is 120 Å². The summed E-state index contributed by atoms with van der Waals surface area (Å²) in [7, 11) is 0. The Morgan fingerprint density at radius 2 is 1.47 bits per heavy atom. The molecule has 5 unspecified atom stereocenters. The highest BCUT2D eigenvalue weighted by atomic mass is 16.6. The molecule has 2 rings (SSSR count). The maximum absolute atomic E-state index is 14.2. The Labute approximate surface area is 344 Å². The average molecular weight is 817 g/mol. The number of nitrogens with zero attached hydrogens (tertiary/aromatic N) is 1. The predicted octanol–water partition coefficient (Wildman–Crippen LogP) is 4.31. The van der Waals surface area contributed by atoms with Crippen LogP contribution in [0.3, 0.4) is 0 Å². The second-order valence-electron chi connectivity index (χ2n) is 18.2. The van der Waals surface area contributed by atoms with Crippen molar-refractivity contribution in [2.45, 2.75) is 150 Å². The number of likely N-dealkylation sites (tertiary alicyclic amines) is 1. The normalized spacial score (nSPS) is 17.4. The number of carbonyl (C=O) groups excluding carboxylic acids is 7. The molecule has 0 saturated carbocycles. The molecule has 0 radical (unpaired) electrons. The molecule has 1 fully saturated rings. The van der Waals surface area contributed by atoms with E-state index >= 15 is 0 Å². The molecule has 1 aromatic rings. The van der Waals surface area contributed by atoms with E-state index in [1.807, 2.05) is 47.6 Å². The van der Waals surface area contributed by atoms with Crippen LogP contribution in [0.2, 0.25) is 0 Å². The summed E-state index contributed by atoms with van der Waals surface area (Å²) in [6.45, 7) is 21.4. The maximum Gasteiger partial charge on any atom is 0.408 e. The number of nitrogens with one attached hydrogen (secondary N) is 5. The highest BCUT2D eigenvalue weighted by Gasteiger charge is 2.47. The van der Waals surface area contributed by atoms with Crippen molar-refractivity contribution >= 4 is 41.6 Å². The molecule has 6 amide bonds. The second-order valence-corrected chi connectivity index (χ2v) is 18.2. The number of Topliss-reactive ketones (excluding diaryl/α,β-unsaturated/α-hetero) is 1. The number of ether oxygens (including phenoxy) is 3. The third-order valence-corrected chi connectivity index (χ3v) is 8.80. The zero-order valence-corrected chi connectivity index (χ0v) is 36.5. The van der Waals surface area contributed by atoms with E-state index in [0.717, 1.165) is 0 Å². The molecule has 0 spiro atoms. The van der Waals surface area contributed by atoms with Gasteiger partial charge in [-0.1, -0.05) is 84.7 Å². The molecule has 16 nitrogen and oxygen atoms in total. The van der Waals surface area contributed by atoms with Gasteiger partial charge in [0.1, 0.15) is 17.7 Å². The number of carbonyl (C=O) groups is 7. The molecule has 1 saturated heterocycles. The highest BCUT2D eigenvalue weighted by molar-refractivity contribution is 6.38. The van der Waals surface area contributed by atoms with E-state index in [9.17, 15) is 33.6 Å². The fraction of sp³-hybridized carbons (Fsp3) is 0.690. The molecular formula is C42H68N6O10. The van der Waals surface area contributed by atoms with Crippen LogP contribution in [0.15, 0.2) is 30.3 Å². The lowest BCUT2D eigenvalue weighted by Gasteiger charge is -2.35. The molecule has 0 bridgehead atoms. The molecule has 0 aromatic heterocycles. The fourth-order valence-electron chi connectivity index (χ4n) is 6.11. The average Bonchev–Trinajstić information content (AvgIpc) is 3.53. The van der Waals surface area contributed by atoms with Crippen molar-refractivity contribution in [3.8, 4) is 0 Å². The van der Waals surface area contributed by atoms with Crippen LogP contribution in [0.4, 0.5) is 9.59 Å². The summed E-state index contributed by atoms with van der Waals surface area (Å²) in [5.41, 5.74) is -1.42. The van der Waals surface area contributed by atoms with Crippen molar-refractivity contribution in [3.63, 3.8) is 0 Å². The van der Waals surface area contributed by atoms with E-state index in [0.29, 0.717) is 18.4 Å². The van der Waals surface area contributed by atoms with Gasteiger partial charge in [-0.2, -0.15) is 0 Å². The lowest BCUT2D eigenvalue weighted by atomic mass is 9.85. The number of hydrogen-bond donors (Lipinski definition) is 5. The molecule has 1 aromatic carbocycles. The number of ketones is 1. The number of unbranched alkanes of at least 4 members (excludes halogenated alkanes) is 1. The molecule has 326 valence electrons. The summed E-state index contributed by atoms with van der Waals surface area (Å²) in [6, 6.07) is 4.88. The molecule has 1 aliphatic rings. The van der Waals surface area contributed by atoms with Gasteiger partial charge in [-0.15, -0.1) is 0 Å².